The first kappa shape index (κ1) is 13.7. The fraction of sp³-hybridized carbons (Fsp3) is 0.600. The van der Waals surface area contributed by atoms with Gasteiger partial charge in [0, 0.05) is 22.2 Å². The summed E-state index contributed by atoms with van der Waals surface area (Å²) in [6.07, 6.45) is 4.93. The van der Waals surface area contributed by atoms with Gasteiger partial charge in [0.1, 0.15) is 0 Å². The Balaban J connectivity index is 2.48. The van der Waals surface area contributed by atoms with E-state index >= 15 is 0 Å². The minimum absolute atomic E-state index is 0.610. The zero-order valence-electron chi connectivity index (χ0n) is 11.5. The molecule has 1 aliphatic rings. The molecular weight excluding hydrogens is 288 g/mol. The van der Waals surface area contributed by atoms with Crippen LogP contribution < -0.4 is 10.6 Å². The largest absolute Gasteiger partial charge is 0.399 e. The topological polar surface area (TPSA) is 29.3 Å². The molecule has 0 radical (unpaired) electrons. The minimum atomic E-state index is 0.610. The third-order valence-electron chi connectivity index (χ3n) is 4.00. The van der Waals surface area contributed by atoms with E-state index in [4.69, 9.17) is 5.73 Å². The number of aryl methyl sites for hydroxylation is 1. The van der Waals surface area contributed by atoms with Crippen molar-refractivity contribution in [3.8, 4) is 0 Å². The number of hydrogen-bond donors (Lipinski definition) is 1. The number of halogens is 1. The first-order chi connectivity index (χ1) is 8.54. The maximum absolute atomic E-state index is 5.95. The van der Waals surface area contributed by atoms with Crippen molar-refractivity contribution in [2.24, 2.45) is 0 Å². The smallest absolute Gasteiger partial charge is 0.0549 e. The van der Waals surface area contributed by atoms with Crippen LogP contribution >= 0.6 is 15.9 Å². The summed E-state index contributed by atoms with van der Waals surface area (Å²) in [6, 6.07) is 5.37. The van der Waals surface area contributed by atoms with Crippen molar-refractivity contribution < 1.29 is 0 Å². The van der Waals surface area contributed by atoms with Crippen LogP contribution in [0.5, 0.6) is 0 Å². The molecule has 0 bridgehead atoms. The zero-order chi connectivity index (χ0) is 13.3. The third kappa shape index (κ3) is 2.51. The standard InChI is InChI=1S/C15H23BrN2/c1-4-12-8-13(17)9-14(16)15(12)18-10(2)6-5-7-11(18)3/h8-11H,4-7,17H2,1-3H3/t10-,11-/m0/s1. The molecule has 100 valence electrons. The van der Waals surface area contributed by atoms with Crippen LogP contribution in [-0.4, -0.2) is 12.1 Å². The van der Waals surface area contributed by atoms with E-state index in [2.05, 4.69) is 47.7 Å². The Morgan fingerprint density at radius 1 is 1.28 bits per heavy atom. The van der Waals surface area contributed by atoms with E-state index in [1.165, 1.54) is 30.5 Å². The van der Waals surface area contributed by atoms with Crippen LogP contribution in [0.4, 0.5) is 11.4 Å². The van der Waals surface area contributed by atoms with Gasteiger partial charge < -0.3 is 10.6 Å². The second kappa shape index (κ2) is 5.52. The molecule has 1 saturated heterocycles. The molecular formula is C15H23BrN2. The van der Waals surface area contributed by atoms with Crippen molar-refractivity contribution in [3.05, 3.63) is 22.2 Å². The molecule has 0 amide bonds. The number of benzene rings is 1. The molecule has 2 rings (SSSR count). The number of nitrogens with two attached hydrogens (primary N) is 1. The second-order valence-corrected chi connectivity index (χ2v) is 6.25. The molecule has 1 aromatic carbocycles. The van der Waals surface area contributed by atoms with E-state index < -0.39 is 0 Å². The van der Waals surface area contributed by atoms with Gasteiger partial charge in [0.2, 0.25) is 0 Å². The molecule has 1 heterocycles. The first-order valence-corrected chi connectivity index (χ1v) is 7.70. The highest BCUT2D eigenvalue weighted by Gasteiger charge is 2.27. The van der Waals surface area contributed by atoms with Crippen LogP contribution in [0.1, 0.15) is 45.6 Å². The fourth-order valence-corrected chi connectivity index (χ4v) is 3.82. The monoisotopic (exact) mass is 310 g/mol. The van der Waals surface area contributed by atoms with Crippen LogP contribution in [0.15, 0.2) is 16.6 Å². The number of anilines is 2. The van der Waals surface area contributed by atoms with Gasteiger partial charge in [0.05, 0.1) is 5.69 Å². The summed E-state index contributed by atoms with van der Waals surface area (Å²) >= 11 is 3.71. The molecule has 0 aromatic heterocycles. The van der Waals surface area contributed by atoms with E-state index in [0.29, 0.717) is 12.1 Å². The fourth-order valence-electron chi connectivity index (χ4n) is 3.10. The van der Waals surface area contributed by atoms with Gasteiger partial charge in [-0.05, 0) is 73.2 Å². The highest BCUT2D eigenvalue weighted by atomic mass is 79.9. The van der Waals surface area contributed by atoms with E-state index in [9.17, 15) is 0 Å². The number of rotatable bonds is 2. The Kier molecular flexibility index (Phi) is 4.21. The quantitative estimate of drug-likeness (QED) is 0.822. The van der Waals surface area contributed by atoms with Gasteiger partial charge in [-0.15, -0.1) is 0 Å². The summed E-state index contributed by atoms with van der Waals surface area (Å²) < 4.78 is 1.14. The number of hydrogen-bond acceptors (Lipinski definition) is 2. The lowest BCUT2D eigenvalue weighted by molar-refractivity contribution is 0.413. The van der Waals surface area contributed by atoms with Crippen molar-refractivity contribution in [1.29, 1.82) is 0 Å². The summed E-state index contributed by atoms with van der Waals surface area (Å²) in [6.45, 7) is 6.86. The average molecular weight is 311 g/mol. The zero-order valence-corrected chi connectivity index (χ0v) is 13.1. The van der Waals surface area contributed by atoms with E-state index in [0.717, 1.165) is 16.6 Å². The maximum atomic E-state index is 5.95. The Labute approximate surface area is 119 Å². The van der Waals surface area contributed by atoms with Gasteiger partial charge >= 0.3 is 0 Å². The molecule has 3 heteroatoms. The predicted octanol–water partition coefficient (Wildman–Crippen LogP) is 4.36. The lowest BCUT2D eigenvalue weighted by atomic mass is 9.95. The van der Waals surface area contributed by atoms with Crippen LogP contribution in [0.3, 0.4) is 0 Å². The summed E-state index contributed by atoms with van der Waals surface area (Å²) in [5.74, 6) is 0. The molecule has 18 heavy (non-hydrogen) atoms. The summed E-state index contributed by atoms with van der Waals surface area (Å²) in [7, 11) is 0. The van der Waals surface area contributed by atoms with E-state index in [1.807, 2.05) is 6.07 Å². The number of piperidine rings is 1. The SMILES string of the molecule is CCc1cc(N)cc(Br)c1N1[C@@H](C)CCC[C@@H]1C. The van der Waals surface area contributed by atoms with Crippen LogP contribution in [0, 0.1) is 0 Å². The molecule has 1 fully saturated rings. The molecule has 1 aromatic rings. The summed E-state index contributed by atoms with van der Waals surface area (Å²) in [5, 5.41) is 0. The molecule has 2 N–H and O–H groups in total. The van der Waals surface area contributed by atoms with E-state index in [-0.39, 0.29) is 0 Å². The molecule has 0 spiro atoms. The van der Waals surface area contributed by atoms with Gasteiger partial charge in [-0.1, -0.05) is 6.92 Å². The third-order valence-corrected chi connectivity index (χ3v) is 4.60. The Bertz CT molecular complexity index is 421. The molecule has 2 nitrogen and oxygen atoms in total. The Hall–Kier alpha value is -0.700. The summed E-state index contributed by atoms with van der Waals surface area (Å²) in [5.41, 5.74) is 9.50. The Morgan fingerprint density at radius 3 is 2.44 bits per heavy atom. The predicted molar refractivity (Wildman–Crippen MR) is 83.2 cm³/mol. The molecule has 1 aliphatic heterocycles. The van der Waals surface area contributed by atoms with Gasteiger partial charge in [0.25, 0.3) is 0 Å². The average Bonchev–Trinajstić information content (AvgIpc) is 2.30. The molecule has 0 unspecified atom stereocenters. The molecule has 0 aliphatic carbocycles. The summed E-state index contributed by atoms with van der Waals surface area (Å²) in [4.78, 5) is 2.58. The van der Waals surface area contributed by atoms with E-state index in [1.54, 1.807) is 0 Å². The van der Waals surface area contributed by atoms with Crippen LogP contribution in [-0.2, 0) is 6.42 Å². The number of nitrogens with zero attached hydrogens (tertiary/aromatic N) is 1. The molecule has 2 atom stereocenters. The van der Waals surface area contributed by atoms with Gasteiger partial charge in [-0.3, -0.25) is 0 Å². The van der Waals surface area contributed by atoms with Gasteiger partial charge in [0.15, 0.2) is 0 Å². The van der Waals surface area contributed by atoms with Crippen molar-refractivity contribution in [3.63, 3.8) is 0 Å². The normalized spacial score (nSPS) is 24.3. The second-order valence-electron chi connectivity index (χ2n) is 5.40. The lowest BCUT2D eigenvalue weighted by Gasteiger charge is -2.42. The van der Waals surface area contributed by atoms with Crippen LogP contribution in [0.25, 0.3) is 0 Å². The van der Waals surface area contributed by atoms with Crippen molar-refractivity contribution in [2.75, 3.05) is 10.6 Å². The van der Waals surface area contributed by atoms with Gasteiger partial charge in [-0.2, -0.15) is 0 Å². The Morgan fingerprint density at radius 2 is 1.89 bits per heavy atom. The first-order valence-electron chi connectivity index (χ1n) is 6.90. The van der Waals surface area contributed by atoms with Crippen molar-refractivity contribution in [1.82, 2.24) is 0 Å². The van der Waals surface area contributed by atoms with Crippen molar-refractivity contribution >= 4 is 27.3 Å². The van der Waals surface area contributed by atoms with Crippen LogP contribution in [0.2, 0.25) is 0 Å². The van der Waals surface area contributed by atoms with Crippen molar-refractivity contribution in [2.45, 2.75) is 58.5 Å². The minimum Gasteiger partial charge on any atom is -0.399 e. The number of nitrogen functional groups attached to an aromatic ring is 1. The highest BCUT2D eigenvalue weighted by Crippen LogP contribution is 2.38. The molecule has 0 saturated carbocycles. The highest BCUT2D eigenvalue weighted by molar-refractivity contribution is 9.10. The maximum Gasteiger partial charge on any atom is 0.0549 e. The lowest BCUT2D eigenvalue weighted by Crippen LogP contribution is -2.44. The van der Waals surface area contributed by atoms with Gasteiger partial charge in [-0.25, -0.2) is 0 Å².